The lowest BCUT2D eigenvalue weighted by Gasteiger charge is -2.22. The van der Waals surface area contributed by atoms with Crippen LogP contribution in [-0.2, 0) is 4.79 Å². The van der Waals surface area contributed by atoms with E-state index >= 15 is 0 Å². The van der Waals surface area contributed by atoms with Crippen LogP contribution in [0.4, 0.5) is 0 Å². The van der Waals surface area contributed by atoms with Crippen LogP contribution in [0.25, 0.3) is 0 Å². The molecule has 4 heteroatoms. The summed E-state index contributed by atoms with van der Waals surface area (Å²) >= 11 is 1.74. The van der Waals surface area contributed by atoms with Gasteiger partial charge in [0.25, 0.3) is 0 Å². The van der Waals surface area contributed by atoms with Gasteiger partial charge in [-0.2, -0.15) is 0 Å². The normalized spacial score (nSPS) is 14.5. The van der Waals surface area contributed by atoms with E-state index in [-0.39, 0.29) is 24.0 Å². The van der Waals surface area contributed by atoms with Gasteiger partial charge in [-0.3, -0.25) is 10.1 Å². The maximum absolute atomic E-state index is 11.9. The predicted molar refractivity (Wildman–Crippen MR) is 77.8 cm³/mol. The van der Waals surface area contributed by atoms with Gasteiger partial charge in [-0.25, -0.2) is 0 Å². The Hall–Kier alpha value is -0.870. The highest BCUT2D eigenvalue weighted by molar-refractivity contribution is 7.10. The van der Waals surface area contributed by atoms with Gasteiger partial charge < -0.3 is 5.32 Å². The molecule has 2 N–H and O–H groups in total. The largest absolute Gasteiger partial charge is 0.353 e. The molecule has 1 rings (SSSR count). The van der Waals surface area contributed by atoms with Gasteiger partial charge in [-0.05, 0) is 38.6 Å². The molecule has 1 aromatic rings. The van der Waals surface area contributed by atoms with Crippen LogP contribution in [0.15, 0.2) is 17.5 Å². The molecular formula is C14H24N2OS. The standard InChI is InChI=1S/C14H24N2OS/c1-5-7-12(13-8-6-9-18-13)16-11(4)14(17)15-10(2)3/h6,8-12,16H,5,7H2,1-4H3,(H,15,17). The first kappa shape index (κ1) is 15.2. The van der Waals surface area contributed by atoms with Gasteiger partial charge in [0.15, 0.2) is 0 Å². The average molecular weight is 268 g/mol. The molecule has 0 aliphatic heterocycles. The summed E-state index contributed by atoms with van der Waals surface area (Å²) in [6, 6.07) is 4.50. The van der Waals surface area contributed by atoms with E-state index in [1.54, 1.807) is 11.3 Å². The van der Waals surface area contributed by atoms with E-state index in [2.05, 4.69) is 35.1 Å². The van der Waals surface area contributed by atoms with Crippen molar-refractivity contribution in [1.82, 2.24) is 10.6 Å². The Balaban J connectivity index is 2.58. The van der Waals surface area contributed by atoms with Crippen molar-refractivity contribution in [3.63, 3.8) is 0 Å². The van der Waals surface area contributed by atoms with Gasteiger partial charge in [-0.1, -0.05) is 19.4 Å². The van der Waals surface area contributed by atoms with Crippen LogP contribution in [-0.4, -0.2) is 18.0 Å². The van der Waals surface area contributed by atoms with Gasteiger partial charge >= 0.3 is 0 Å². The molecule has 1 aromatic heterocycles. The Morgan fingerprint density at radius 3 is 2.61 bits per heavy atom. The van der Waals surface area contributed by atoms with Crippen LogP contribution >= 0.6 is 11.3 Å². The van der Waals surface area contributed by atoms with E-state index in [1.807, 2.05) is 20.8 Å². The van der Waals surface area contributed by atoms with E-state index in [4.69, 9.17) is 0 Å². The second kappa shape index (κ2) is 7.54. The Kier molecular flexibility index (Phi) is 6.36. The van der Waals surface area contributed by atoms with Crippen LogP contribution in [0.2, 0.25) is 0 Å². The number of amides is 1. The molecule has 0 aromatic carbocycles. The molecule has 0 aliphatic carbocycles. The number of carbonyl (C=O) groups is 1. The third-order valence-corrected chi connectivity index (χ3v) is 3.73. The Morgan fingerprint density at radius 2 is 2.11 bits per heavy atom. The molecule has 0 saturated heterocycles. The van der Waals surface area contributed by atoms with E-state index in [0.717, 1.165) is 12.8 Å². The quantitative estimate of drug-likeness (QED) is 0.798. The number of hydrogen-bond donors (Lipinski definition) is 2. The highest BCUT2D eigenvalue weighted by Gasteiger charge is 2.19. The van der Waals surface area contributed by atoms with Crippen LogP contribution in [0, 0.1) is 0 Å². The van der Waals surface area contributed by atoms with Gasteiger partial charge in [-0.15, -0.1) is 11.3 Å². The summed E-state index contributed by atoms with van der Waals surface area (Å²) in [5.41, 5.74) is 0. The molecule has 0 aliphatic rings. The fourth-order valence-electron chi connectivity index (χ4n) is 1.87. The lowest BCUT2D eigenvalue weighted by atomic mass is 10.1. The van der Waals surface area contributed by atoms with E-state index in [9.17, 15) is 4.79 Å². The molecule has 2 atom stereocenters. The Morgan fingerprint density at radius 1 is 1.39 bits per heavy atom. The minimum absolute atomic E-state index is 0.0719. The molecular weight excluding hydrogens is 244 g/mol. The van der Waals surface area contributed by atoms with Gasteiger partial charge in [0.2, 0.25) is 5.91 Å². The minimum atomic E-state index is -0.161. The van der Waals surface area contributed by atoms with Crippen molar-refractivity contribution in [2.75, 3.05) is 0 Å². The molecule has 0 spiro atoms. The van der Waals surface area contributed by atoms with Crippen molar-refractivity contribution in [2.45, 2.75) is 58.7 Å². The SMILES string of the molecule is CCCC(NC(C)C(=O)NC(C)C)c1cccs1. The number of thiophene rings is 1. The molecule has 0 fully saturated rings. The lowest BCUT2D eigenvalue weighted by Crippen LogP contribution is -2.45. The van der Waals surface area contributed by atoms with Crippen molar-refractivity contribution in [3.05, 3.63) is 22.4 Å². The number of rotatable bonds is 7. The first-order chi connectivity index (χ1) is 8.54. The third-order valence-electron chi connectivity index (χ3n) is 2.74. The Labute approximate surface area is 114 Å². The molecule has 1 amide bonds. The maximum atomic E-state index is 11.9. The molecule has 102 valence electrons. The van der Waals surface area contributed by atoms with E-state index < -0.39 is 0 Å². The van der Waals surface area contributed by atoms with Crippen LogP contribution in [0.3, 0.4) is 0 Å². The van der Waals surface area contributed by atoms with Crippen LogP contribution in [0.5, 0.6) is 0 Å². The zero-order valence-corrected chi connectivity index (χ0v) is 12.5. The van der Waals surface area contributed by atoms with E-state index in [1.165, 1.54) is 4.88 Å². The summed E-state index contributed by atoms with van der Waals surface area (Å²) in [6.07, 6.45) is 2.16. The van der Waals surface area contributed by atoms with Crippen molar-refractivity contribution in [3.8, 4) is 0 Å². The van der Waals surface area contributed by atoms with E-state index in [0.29, 0.717) is 0 Å². The highest BCUT2D eigenvalue weighted by atomic mass is 32.1. The molecule has 0 bridgehead atoms. The van der Waals surface area contributed by atoms with Crippen LogP contribution < -0.4 is 10.6 Å². The lowest BCUT2D eigenvalue weighted by molar-refractivity contribution is -0.123. The number of nitrogens with one attached hydrogen (secondary N) is 2. The third kappa shape index (κ3) is 4.78. The fraction of sp³-hybridized carbons (Fsp3) is 0.643. The molecule has 3 nitrogen and oxygen atoms in total. The van der Waals surface area contributed by atoms with Gasteiger partial charge in [0.05, 0.1) is 6.04 Å². The monoisotopic (exact) mass is 268 g/mol. The topological polar surface area (TPSA) is 41.1 Å². The molecule has 2 unspecified atom stereocenters. The first-order valence-electron chi connectivity index (χ1n) is 6.64. The summed E-state index contributed by atoms with van der Waals surface area (Å²) in [4.78, 5) is 13.2. The summed E-state index contributed by atoms with van der Waals surface area (Å²) in [5.74, 6) is 0.0719. The van der Waals surface area contributed by atoms with Gasteiger partial charge in [0, 0.05) is 17.0 Å². The second-order valence-corrected chi connectivity index (χ2v) is 5.89. The second-order valence-electron chi connectivity index (χ2n) is 4.91. The summed E-state index contributed by atoms with van der Waals surface area (Å²) in [5, 5.41) is 8.44. The van der Waals surface area contributed by atoms with Crippen molar-refractivity contribution in [2.24, 2.45) is 0 Å². The highest BCUT2D eigenvalue weighted by Crippen LogP contribution is 2.23. The summed E-state index contributed by atoms with van der Waals surface area (Å²) in [6.45, 7) is 8.05. The zero-order chi connectivity index (χ0) is 13.5. The Bertz CT molecular complexity index is 349. The van der Waals surface area contributed by atoms with Crippen LogP contribution in [0.1, 0.15) is 51.5 Å². The van der Waals surface area contributed by atoms with Crippen molar-refractivity contribution < 1.29 is 4.79 Å². The summed E-state index contributed by atoms with van der Waals surface area (Å²) < 4.78 is 0. The summed E-state index contributed by atoms with van der Waals surface area (Å²) in [7, 11) is 0. The zero-order valence-electron chi connectivity index (χ0n) is 11.7. The van der Waals surface area contributed by atoms with Crippen molar-refractivity contribution in [1.29, 1.82) is 0 Å². The maximum Gasteiger partial charge on any atom is 0.237 e. The predicted octanol–water partition coefficient (Wildman–Crippen LogP) is 3.09. The average Bonchev–Trinajstić information content (AvgIpc) is 2.80. The van der Waals surface area contributed by atoms with Gasteiger partial charge in [0.1, 0.15) is 0 Å². The number of hydrogen-bond acceptors (Lipinski definition) is 3. The smallest absolute Gasteiger partial charge is 0.237 e. The minimum Gasteiger partial charge on any atom is -0.353 e. The first-order valence-corrected chi connectivity index (χ1v) is 7.52. The molecule has 1 heterocycles. The molecule has 18 heavy (non-hydrogen) atoms. The molecule has 0 saturated carbocycles. The fourth-order valence-corrected chi connectivity index (χ4v) is 2.69. The molecule has 0 radical (unpaired) electrons. The van der Waals surface area contributed by atoms with Crippen molar-refractivity contribution >= 4 is 17.2 Å². The number of carbonyl (C=O) groups excluding carboxylic acids is 1.